The van der Waals surface area contributed by atoms with E-state index < -0.39 is 16.9 Å². The molecule has 0 bridgehead atoms. The highest BCUT2D eigenvalue weighted by molar-refractivity contribution is 5.78. The summed E-state index contributed by atoms with van der Waals surface area (Å²) < 4.78 is 5.11. The van der Waals surface area contributed by atoms with Gasteiger partial charge in [-0.25, -0.2) is 4.79 Å². The molecule has 0 spiro atoms. The minimum atomic E-state index is -0.698. The Kier molecular flexibility index (Phi) is 10.7. The van der Waals surface area contributed by atoms with Crippen molar-refractivity contribution in [3.8, 4) is 0 Å². The molecule has 0 radical (unpaired) electrons. The molecule has 0 aromatic heterocycles. The highest BCUT2D eigenvalue weighted by Crippen LogP contribution is 2.27. The molecule has 0 amide bonds. The van der Waals surface area contributed by atoms with E-state index in [-0.39, 0.29) is 19.1 Å². The van der Waals surface area contributed by atoms with Gasteiger partial charge in [0.05, 0.1) is 12.8 Å². The zero-order valence-electron chi connectivity index (χ0n) is 15.9. The normalized spacial score (nSPS) is 13.2. The van der Waals surface area contributed by atoms with Crippen molar-refractivity contribution in [1.82, 2.24) is 10.2 Å². The van der Waals surface area contributed by atoms with E-state index in [4.69, 9.17) is 4.74 Å². The molecule has 1 aromatic carbocycles. The summed E-state index contributed by atoms with van der Waals surface area (Å²) in [5.41, 5.74) is 1.71. The Labute approximate surface area is 149 Å². The van der Waals surface area contributed by atoms with Crippen molar-refractivity contribution in [3.05, 3.63) is 57.5 Å². The predicted molar refractivity (Wildman–Crippen MR) is 98.2 cm³/mol. The molecule has 0 aliphatic carbocycles. The second-order valence-corrected chi connectivity index (χ2v) is 4.63. The van der Waals surface area contributed by atoms with Crippen LogP contribution in [-0.2, 0) is 9.53 Å². The van der Waals surface area contributed by atoms with Crippen molar-refractivity contribution in [1.29, 1.82) is 0 Å². The van der Waals surface area contributed by atoms with E-state index in [0.717, 1.165) is 11.1 Å². The molecular formula is C18H29N3O4. The Morgan fingerprint density at radius 2 is 1.92 bits per heavy atom. The van der Waals surface area contributed by atoms with Gasteiger partial charge in [-0.1, -0.05) is 52.0 Å². The van der Waals surface area contributed by atoms with Gasteiger partial charge >= 0.3 is 11.8 Å². The van der Waals surface area contributed by atoms with E-state index >= 15 is 0 Å². The zero-order chi connectivity index (χ0) is 19.4. The standard InChI is InChI=1S/C14H17N3O4.2C2H6/c1-3-21-14(18)13(11-7-5-4-6-10(11)2)16-8-12(15-9-16)17(19)20;2*1-2/h4-8,13,15H,3,9H2,1-2H3;2*1-2H3. The third kappa shape index (κ3) is 6.10. The van der Waals surface area contributed by atoms with Crippen LogP contribution in [-0.4, -0.2) is 29.1 Å². The van der Waals surface area contributed by atoms with Gasteiger partial charge in [-0.15, -0.1) is 0 Å². The number of nitro groups is 1. The maximum Gasteiger partial charge on any atom is 0.333 e. The van der Waals surface area contributed by atoms with E-state index in [1.165, 1.54) is 6.20 Å². The minimum absolute atomic E-state index is 0.127. The van der Waals surface area contributed by atoms with Crippen LogP contribution in [0.2, 0.25) is 0 Å². The number of aryl methyl sites for hydroxylation is 1. The van der Waals surface area contributed by atoms with Gasteiger partial charge in [-0.3, -0.25) is 5.32 Å². The van der Waals surface area contributed by atoms with Crippen molar-refractivity contribution in [2.75, 3.05) is 13.3 Å². The number of carbonyl (C=O) groups excluding carboxylic acids is 1. The first-order valence-electron chi connectivity index (χ1n) is 8.62. The lowest BCUT2D eigenvalue weighted by molar-refractivity contribution is -0.430. The van der Waals surface area contributed by atoms with E-state index in [1.54, 1.807) is 11.8 Å². The molecule has 1 aliphatic heterocycles. The summed E-state index contributed by atoms with van der Waals surface area (Å²) in [4.78, 5) is 24.1. The molecule has 7 heteroatoms. The van der Waals surface area contributed by atoms with Gasteiger partial charge in [0.2, 0.25) is 0 Å². The average molecular weight is 351 g/mol. The van der Waals surface area contributed by atoms with Crippen LogP contribution in [0.5, 0.6) is 0 Å². The van der Waals surface area contributed by atoms with Gasteiger partial charge in [0, 0.05) is 0 Å². The van der Waals surface area contributed by atoms with Gasteiger partial charge in [0.25, 0.3) is 0 Å². The lowest BCUT2D eigenvalue weighted by atomic mass is 10.0. The molecule has 1 heterocycles. The summed E-state index contributed by atoms with van der Waals surface area (Å²) in [5.74, 6) is -0.549. The highest BCUT2D eigenvalue weighted by atomic mass is 16.6. The predicted octanol–water partition coefficient (Wildman–Crippen LogP) is 3.59. The molecule has 0 fully saturated rings. The van der Waals surface area contributed by atoms with Crippen molar-refractivity contribution >= 4 is 5.97 Å². The van der Waals surface area contributed by atoms with E-state index in [0.29, 0.717) is 0 Å². The summed E-state index contributed by atoms with van der Waals surface area (Å²) in [7, 11) is 0. The number of benzene rings is 1. The number of nitrogens with one attached hydrogen (secondary N) is 1. The molecule has 2 rings (SSSR count). The number of esters is 1. The van der Waals surface area contributed by atoms with Gasteiger partial charge < -0.3 is 19.8 Å². The first-order chi connectivity index (χ1) is 12.0. The Morgan fingerprint density at radius 1 is 1.32 bits per heavy atom. The minimum Gasteiger partial charge on any atom is -0.464 e. The summed E-state index contributed by atoms with van der Waals surface area (Å²) in [6, 6.07) is 6.73. The molecule has 1 aromatic rings. The van der Waals surface area contributed by atoms with Gasteiger partial charge in [0.15, 0.2) is 12.7 Å². The third-order valence-corrected chi connectivity index (χ3v) is 3.25. The monoisotopic (exact) mass is 351 g/mol. The largest absolute Gasteiger partial charge is 0.464 e. The maximum absolute atomic E-state index is 12.3. The Morgan fingerprint density at radius 3 is 2.40 bits per heavy atom. The van der Waals surface area contributed by atoms with Crippen molar-refractivity contribution < 1.29 is 14.5 Å². The summed E-state index contributed by atoms with van der Waals surface area (Å²) in [6.45, 7) is 12.1. The molecule has 7 nitrogen and oxygen atoms in total. The molecule has 1 aliphatic rings. The molecule has 1 unspecified atom stereocenters. The Bertz CT molecular complexity index is 587. The smallest absolute Gasteiger partial charge is 0.333 e. The summed E-state index contributed by atoms with van der Waals surface area (Å²) in [6.07, 6.45) is 1.34. The molecule has 140 valence electrons. The third-order valence-electron chi connectivity index (χ3n) is 3.25. The number of hydrogen-bond donors (Lipinski definition) is 1. The molecule has 1 atom stereocenters. The molecule has 1 N–H and O–H groups in total. The van der Waals surface area contributed by atoms with Crippen LogP contribution in [0.3, 0.4) is 0 Å². The first kappa shape index (κ1) is 22.4. The number of hydrogen-bond acceptors (Lipinski definition) is 6. The van der Waals surface area contributed by atoms with Crippen LogP contribution in [0, 0.1) is 17.0 Å². The second-order valence-electron chi connectivity index (χ2n) is 4.63. The van der Waals surface area contributed by atoms with Crippen molar-refractivity contribution in [3.63, 3.8) is 0 Å². The second kappa shape index (κ2) is 11.9. The lowest BCUT2D eigenvalue weighted by Gasteiger charge is -2.25. The van der Waals surface area contributed by atoms with Crippen LogP contribution < -0.4 is 5.32 Å². The topological polar surface area (TPSA) is 84.7 Å². The van der Waals surface area contributed by atoms with Gasteiger partial charge in [-0.2, -0.15) is 0 Å². The average Bonchev–Trinajstić information content (AvgIpc) is 3.11. The van der Waals surface area contributed by atoms with E-state index in [1.807, 2.05) is 58.9 Å². The highest BCUT2D eigenvalue weighted by Gasteiger charge is 2.34. The summed E-state index contributed by atoms with van der Waals surface area (Å²) in [5, 5.41) is 13.5. The molecule has 0 saturated heterocycles. The number of rotatable bonds is 5. The SMILES string of the molecule is CC.CC.CCOC(=O)C(c1ccccc1C)N1C=C([N+](=O)[O-])NC1. The van der Waals surface area contributed by atoms with Crippen LogP contribution in [0.15, 0.2) is 36.3 Å². The van der Waals surface area contributed by atoms with Crippen LogP contribution >= 0.6 is 0 Å². The zero-order valence-corrected chi connectivity index (χ0v) is 15.9. The molecule has 25 heavy (non-hydrogen) atoms. The fourth-order valence-electron chi connectivity index (χ4n) is 2.25. The number of ether oxygens (including phenoxy) is 1. The number of nitrogens with zero attached hydrogens (tertiary/aromatic N) is 2. The van der Waals surface area contributed by atoms with Gasteiger partial charge in [0.1, 0.15) is 0 Å². The van der Waals surface area contributed by atoms with Crippen molar-refractivity contribution in [2.45, 2.75) is 47.6 Å². The fraction of sp³-hybridized carbons (Fsp3) is 0.500. The Hall–Kier alpha value is -2.57. The Balaban J connectivity index is 0.00000134. The van der Waals surface area contributed by atoms with Crippen LogP contribution in [0.4, 0.5) is 0 Å². The molecule has 0 saturated carbocycles. The lowest BCUT2D eigenvalue weighted by Crippen LogP contribution is -2.33. The van der Waals surface area contributed by atoms with Crippen LogP contribution in [0.25, 0.3) is 0 Å². The van der Waals surface area contributed by atoms with E-state index in [2.05, 4.69) is 5.32 Å². The van der Waals surface area contributed by atoms with Crippen LogP contribution in [0.1, 0.15) is 51.8 Å². The van der Waals surface area contributed by atoms with Gasteiger partial charge in [-0.05, 0) is 29.9 Å². The fourth-order valence-corrected chi connectivity index (χ4v) is 2.25. The van der Waals surface area contributed by atoms with Crippen molar-refractivity contribution in [2.24, 2.45) is 0 Å². The number of carbonyl (C=O) groups is 1. The molecular weight excluding hydrogens is 322 g/mol. The first-order valence-corrected chi connectivity index (χ1v) is 8.62. The quantitative estimate of drug-likeness (QED) is 0.496. The van der Waals surface area contributed by atoms with E-state index in [9.17, 15) is 14.9 Å². The summed E-state index contributed by atoms with van der Waals surface area (Å²) >= 11 is 0. The maximum atomic E-state index is 12.3.